The maximum absolute atomic E-state index is 12.2. The predicted octanol–water partition coefficient (Wildman–Crippen LogP) is 3.99. The fourth-order valence-corrected chi connectivity index (χ4v) is 3.67. The predicted molar refractivity (Wildman–Crippen MR) is 121 cm³/mol. The van der Waals surface area contributed by atoms with Gasteiger partial charge in [-0.3, -0.25) is 14.6 Å². The number of H-pyrrole nitrogens is 1. The monoisotopic (exact) mass is 411 g/mol. The first-order valence-corrected chi connectivity index (χ1v) is 10.2. The summed E-state index contributed by atoms with van der Waals surface area (Å²) in [6.45, 7) is 4.24. The van der Waals surface area contributed by atoms with Gasteiger partial charge in [-0.1, -0.05) is 6.58 Å². The first-order valence-electron chi connectivity index (χ1n) is 10.2. The number of pyridine rings is 3. The number of nitrogens with zero attached hydrogens (tertiary/aromatic N) is 3. The molecule has 1 aliphatic rings. The van der Waals surface area contributed by atoms with Crippen LogP contribution in [0.3, 0.4) is 0 Å². The molecular weight excluding hydrogens is 390 g/mol. The summed E-state index contributed by atoms with van der Waals surface area (Å²) in [7, 11) is 0. The molecule has 154 valence electrons. The van der Waals surface area contributed by atoms with E-state index < -0.39 is 0 Å². The summed E-state index contributed by atoms with van der Waals surface area (Å²) in [6.07, 6.45) is 12.5. The Kier molecular flexibility index (Phi) is 4.71. The fraction of sp³-hybridized carbons (Fsp3) is 0.167. The van der Waals surface area contributed by atoms with Crippen LogP contribution in [-0.2, 0) is 11.3 Å². The van der Waals surface area contributed by atoms with Crippen molar-refractivity contribution in [3.05, 3.63) is 78.3 Å². The molecule has 1 amide bonds. The smallest absolute Gasteiger partial charge is 0.250 e. The Morgan fingerprint density at radius 2 is 2.03 bits per heavy atom. The Morgan fingerprint density at radius 3 is 2.84 bits per heavy atom. The molecule has 1 saturated carbocycles. The number of hydrogen-bond acceptors (Lipinski definition) is 4. The highest BCUT2D eigenvalue weighted by Gasteiger charge is 2.22. The summed E-state index contributed by atoms with van der Waals surface area (Å²) in [5.41, 5.74) is 5.04. The van der Waals surface area contributed by atoms with Crippen molar-refractivity contribution >= 4 is 22.6 Å². The molecule has 0 radical (unpaired) electrons. The van der Waals surface area contributed by atoms with Gasteiger partial charge in [-0.15, -0.1) is 0 Å². The van der Waals surface area contributed by atoms with Gasteiger partial charge in [-0.25, -0.2) is 4.98 Å². The van der Waals surface area contributed by atoms with Crippen LogP contribution in [0.4, 0.5) is 5.69 Å². The van der Waals surface area contributed by atoms with Crippen LogP contribution in [0, 0.1) is 5.92 Å². The third kappa shape index (κ3) is 3.90. The van der Waals surface area contributed by atoms with E-state index in [0.29, 0.717) is 11.6 Å². The summed E-state index contributed by atoms with van der Waals surface area (Å²) in [4.78, 5) is 35.8. The number of amides is 1. The summed E-state index contributed by atoms with van der Waals surface area (Å²) < 4.78 is 1.80. The molecule has 0 bridgehead atoms. The van der Waals surface area contributed by atoms with Crippen LogP contribution >= 0.6 is 0 Å². The summed E-state index contributed by atoms with van der Waals surface area (Å²) in [5.74, 6) is 0.326. The molecule has 4 heterocycles. The van der Waals surface area contributed by atoms with Crippen LogP contribution in [0.25, 0.3) is 33.3 Å². The van der Waals surface area contributed by atoms with Crippen LogP contribution in [0.5, 0.6) is 0 Å². The Hall–Kier alpha value is -4.00. The highest BCUT2D eigenvalue weighted by Crippen LogP contribution is 2.33. The quantitative estimate of drug-likeness (QED) is 0.469. The van der Waals surface area contributed by atoms with Gasteiger partial charge in [0.1, 0.15) is 5.65 Å². The summed E-state index contributed by atoms with van der Waals surface area (Å²) in [5, 5.41) is 3.68. The molecule has 7 nitrogen and oxygen atoms in total. The van der Waals surface area contributed by atoms with Gasteiger partial charge in [0.15, 0.2) is 0 Å². The molecule has 0 spiro atoms. The second-order valence-corrected chi connectivity index (χ2v) is 7.83. The van der Waals surface area contributed by atoms with Crippen molar-refractivity contribution in [3.8, 4) is 22.3 Å². The summed E-state index contributed by atoms with van der Waals surface area (Å²) >= 11 is 0. The first-order chi connectivity index (χ1) is 15.1. The van der Waals surface area contributed by atoms with E-state index in [4.69, 9.17) is 0 Å². The van der Waals surface area contributed by atoms with E-state index in [-0.39, 0.29) is 11.5 Å². The number of fused-ring (bicyclic) bond motifs is 1. The van der Waals surface area contributed by atoms with Gasteiger partial charge in [0.2, 0.25) is 5.91 Å². The maximum atomic E-state index is 12.2. The molecule has 7 heteroatoms. The molecular formula is C24H21N5O2. The zero-order valence-electron chi connectivity index (χ0n) is 16.8. The average Bonchev–Trinajstić information content (AvgIpc) is 3.51. The standard InChI is InChI=1S/C24H21N5O2/c1-2-22(30)28-19-7-17(9-25-11-19)18-8-20-21(12-27-24(20)26-10-18)16-5-6-23(31)29(14-16)13-15-3-4-15/h2,5-12,14-15H,1,3-4,13H2,(H,26,27)(H,28,30). The molecule has 31 heavy (non-hydrogen) atoms. The minimum Gasteiger partial charge on any atom is -0.346 e. The zero-order chi connectivity index (χ0) is 21.4. The van der Waals surface area contributed by atoms with Crippen LogP contribution in [0.15, 0.2) is 72.7 Å². The molecule has 1 fully saturated rings. The molecule has 1 aliphatic carbocycles. The summed E-state index contributed by atoms with van der Waals surface area (Å²) in [6, 6.07) is 7.37. The Morgan fingerprint density at radius 1 is 1.19 bits per heavy atom. The third-order valence-electron chi connectivity index (χ3n) is 5.50. The van der Waals surface area contributed by atoms with E-state index in [0.717, 1.165) is 39.8 Å². The van der Waals surface area contributed by atoms with E-state index in [2.05, 4.69) is 26.8 Å². The van der Waals surface area contributed by atoms with E-state index in [1.165, 1.54) is 18.9 Å². The van der Waals surface area contributed by atoms with Crippen LogP contribution < -0.4 is 10.9 Å². The van der Waals surface area contributed by atoms with Gasteiger partial charge < -0.3 is 14.9 Å². The lowest BCUT2D eigenvalue weighted by Gasteiger charge is -2.08. The van der Waals surface area contributed by atoms with Crippen molar-refractivity contribution in [2.75, 3.05) is 5.32 Å². The van der Waals surface area contributed by atoms with Gasteiger partial charge in [-0.2, -0.15) is 0 Å². The largest absolute Gasteiger partial charge is 0.346 e. The van der Waals surface area contributed by atoms with E-state index in [1.807, 2.05) is 30.6 Å². The normalized spacial score (nSPS) is 13.3. The number of aromatic amines is 1. The topological polar surface area (TPSA) is 92.7 Å². The Bertz CT molecular complexity index is 1360. The molecule has 2 N–H and O–H groups in total. The number of aromatic nitrogens is 4. The van der Waals surface area contributed by atoms with E-state index in [1.54, 1.807) is 29.2 Å². The first kappa shape index (κ1) is 19.0. The molecule has 0 saturated heterocycles. The Balaban J connectivity index is 1.54. The average molecular weight is 411 g/mol. The number of carbonyl (C=O) groups excluding carboxylic acids is 1. The Labute approximate surface area is 178 Å². The second kappa shape index (κ2) is 7.68. The van der Waals surface area contributed by atoms with Gasteiger partial charge in [-0.05, 0) is 43.0 Å². The van der Waals surface area contributed by atoms with Crippen molar-refractivity contribution < 1.29 is 4.79 Å². The van der Waals surface area contributed by atoms with Crippen molar-refractivity contribution in [1.29, 1.82) is 0 Å². The van der Waals surface area contributed by atoms with Gasteiger partial charge >= 0.3 is 0 Å². The zero-order valence-corrected chi connectivity index (χ0v) is 16.8. The van der Waals surface area contributed by atoms with Gasteiger partial charge in [0.25, 0.3) is 5.56 Å². The number of anilines is 1. The molecule has 0 unspecified atom stereocenters. The lowest BCUT2D eigenvalue weighted by Crippen LogP contribution is -2.19. The van der Waals surface area contributed by atoms with Crippen molar-refractivity contribution in [3.63, 3.8) is 0 Å². The van der Waals surface area contributed by atoms with Crippen molar-refractivity contribution in [2.24, 2.45) is 5.92 Å². The van der Waals surface area contributed by atoms with Crippen LogP contribution in [0.1, 0.15) is 12.8 Å². The van der Waals surface area contributed by atoms with Crippen molar-refractivity contribution in [2.45, 2.75) is 19.4 Å². The van der Waals surface area contributed by atoms with E-state index >= 15 is 0 Å². The number of carbonyl (C=O) groups is 1. The van der Waals surface area contributed by atoms with Gasteiger partial charge in [0, 0.05) is 65.0 Å². The highest BCUT2D eigenvalue weighted by atomic mass is 16.1. The second-order valence-electron chi connectivity index (χ2n) is 7.83. The van der Waals surface area contributed by atoms with Crippen molar-refractivity contribution in [1.82, 2.24) is 19.5 Å². The maximum Gasteiger partial charge on any atom is 0.250 e. The lowest BCUT2D eigenvalue weighted by molar-refractivity contribution is -0.111. The molecule has 5 rings (SSSR count). The minimum absolute atomic E-state index is 0.0266. The number of hydrogen-bond donors (Lipinski definition) is 2. The molecule has 0 aromatic carbocycles. The minimum atomic E-state index is -0.290. The number of nitrogens with one attached hydrogen (secondary N) is 2. The third-order valence-corrected chi connectivity index (χ3v) is 5.50. The lowest BCUT2D eigenvalue weighted by atomic mass is 10.0. The number of rotatable bonds is 6. The van der Waals surface area contributed by atoms with Gasteiger partial charge in [0.05, 0.1) is 11.9 Å². The van der Waals surface area contributed by atoms with Crippen LogP contribution in [0.2, 0.25) is 0 Å². The molecule has 4 aromatic heterocycles. The fourth-order valence-electron chi connectivity index (χ4n) is 3.67. The van der Waals surface area contributed by atoms with E-state index in [9.17, 15) is 9.59 Å². The molecule has 0 atom stereocenters. The molecule has 4 aromatic rings. The van der Waals surface area contributed by atoms with Crippen LogP contribution in [-0.4, -0.2) is 25.4 Å². The molecule has 0 aliphatic heterocycles. The highest BCUT2D eigenvalue weighted by molar-refractivity contribution is 5.99. The SMILES string of the molecule is C=CC(=O)Nc1cncc(-c2cnc3[nH]cc(-c4ccc(=O)n(CC5CC5)c4)c3c2)c1.